The molecule has 0 heterocycles. The SMILES string of the molecule is CN(CCCC#N)Cc1ccc(C(=O)O)cc1. The zero-order valence-electron chi connectivity index (χ0n) is 9.89. The Kier molecular flexibility index (Phi) is 5.18. The predicted molar refractivity (Wildman–Crippen MR) is 64.6 cm³/mol. The van der Waals surface area contributed by atoms with E-state index in [-0.39, 0.29) is 0 Å². The summed E-state index contributed by atoms with van der Waals surface area (Å²) in [5.74, 6) is -0.904. The third-order valence-corrected chi connectivity index (χ3v) is 2.48. The van der Waals surface area contributed by atoms with E-state index < -0.39 is 5.97 Å². The van der Waals surface area contributed by atoms with Crippen LogP contribution < -0.4 is 0 Å². The van der Waals surface area contributed by atoms with Gasteiger partial charge in [0.25, 0.3) is 0 Å². The van der Waals surface area contributed by atoms with Gasteiger partial charge < -0.3 is 10.0 Å². The van der Waals surface area contributed by atoms with Gasteiger partial charge in [-0.1, -0.05) is 12.1 Å². The summed E-state index contributed by atoms with van der Waals surface area (Å²) in [5, 5.41) is 17.2. The molecule has 0 radical (unpaired) electrons. The van der Waals surface area contributed by atoms with E-state index in [0.717, 1.165) is 25.1 Å². The number of carboxylic acids is 1. The molecule has 0 atom stereocenters. The minimum absolute atomic E-state index is 0.306. The van der Waals surface area contributed by atoms with Gasteiger partial charge >= 0.3 is 5.97 Å². The van der Waals surface area contributed by atoms with Crippen molar-refractivity contribution in [3.8, 4) is 6.07 Å². The quantitative estimate of drug-likeness (QED) is 0.763. The Bertz CT molecular complexity index is 406. The number of unbranched alkanes of at least 4 members (excludes halogenated alkanes) is 1. The van der Waals surface area contributed by atoms with Crippen molar-refractivity contribution >= 4 is 5.97 Å². The molecule has 0 saturated carbocycles. The van der Waals surface area contributed by atoms with Gasteiger partial charge in [-0.05, 0) is 37.7 Å². The van der Waals surface area contributed by atoms with Gasteiger partial charge in [-0.15, -0.1) is 0 Å². The van der Waals surface area contributed by atoms with Crippen molar-refractivity contribution in [2.45, 2.75) is 19.4 Å². The number of carboxylic acid groups (broad SMARTS) is 1. The molecule has 0 saturated heterocycles. The number of hydrogen-bond donors (Lipinski definition) is 1. The first-order valence-corrected chi connectivity index (χ1v) is 5.51. The van der Waals surface area contributed by atoms with Gasteiger partial charge in [-0.2, -0.15) is 5.26 Å². The number of benzene rings is 1. The highest BCUT2D eigenvalue weighted by Gasteiger charge is 2.03. The molecule has 0 aliphatic carbocycles. The first-order chi connectivity index (χ1) is 8.13. The van der Waals surface area contributed by atoms with Gasteiger partial charge in [0.1, 0.15) is 0 Å². The summed E-state index contributed by atoms with van der Waals surface area (Å²) in [6, 6.07) is 8.99. The van der Waals surface area contributed by atoms with E-state index in [9.17, 15) is 4.79 Å². The Balaban J connectivity index is 2.46. The molecule has 90 valence electrons. The molecule has 0 fully saturated rings. The van der Waals surface area contributed by atoms with Crippen LogP contribution >= 0.6 is 0 Å². The van der Waals surface area contributed by atoms with Gasteiger partial charge in [0.2, 0.25) is 0 Å². The zero-order valence-corrected chi connectivity index (χ0v) is 9.89. The molecule has 4 nitrogen and oxygen atoms in total. The molecule has 17 heavy (non-hydrogen) atoms. The highest BCUT2D eigenvalue weighted by molar-refractivity contribution is 5.87. The maximum atomic E-state index is 10.7. The molecule has 0 spiro atoms. The van der Waals surface area contributed by atoms with Crippen molar-refractivity contribution in [1.82, 2.24) is 4.90 Å². The Labute approximate surface area is 101 Å². The van der Waals surface area contributed by atoms with Crippen LogP contribution in [-0.2, 0) is 6.54 Å². The number of nitrogens with zero attached hydrogens (tertiary/aromatic N) is 2. The van der Waals surface area contributed by atoms with Crippen molar-refractivity contribution in [2.75, 3.05) is 13.6 Å². The summed E-state index contributed by atoms with van der Waals surface area (Å²) < 4.78 is 0. The molecule has 1 aromatic carbocycles. The molecule has 4 heteroatoms. The van der Waals surface area contributed by atoms with Crippen LogP contribution in [0.1, 0.15) is 28.8 Å². The fourth-order valence-electron chi connectivity index (χ4n) is 1.57. The summed E-state index contributed by atoms with van der Waals surface area (Å²) in [4.78, 5) is 12.8. The van der Waals surface area contributed by atoms with Crippen molar-refractivity contribution in [1.29, 1.82) is 5.26 Å². The number of carbonyl (C=O) groups is 1. The van der Waals surface area contributed by atoms with Gasteiger partial charge in [-0.3, -0.25) is 0 Å². The summed E-state index contributed by atoms with van der Waals surface area (Å²) in [6.07, 6.45) is 1.43. The summed E-state index contributed by atoms with van der Waals surface area (Å²) in [6.45, 7) is 1.64. The molecular weight excluding hydrogens is 216 g/mol. The largest absolute Gasteiger partial charge is 0.478 e. The third-order valence-electron chi connectivity index (χ3n) is 2.48. The predicted octanol–water partition coefficient (Wildman–Crippen LogP) is 2.12. The second-order valence-electron chi connectivity index (χ2n) is 4.00. The maximum Gasteiger partial charge on any atom is 0.335 e. The summed E-state index contributed by atoms with van der Waals surface area (Å²) in [5.41, 5.74) is 1.38. The van der Waals surface area contributed by atoms with Gasteiger partial charge in [-0.25, -0.2) is 4.79 Å². The number of hydrogen-bond acceptors (Lipinski definition) is 3. The molecule has 0 amide bonds. The van der Waals surface area contributed by atoms with Crippen LogP contribution in [0.15, 0.2) is 24.3 Å². The molecule has 0 aliphatic rings. The third kappa shape index (κ3) is 4.66. The van der Waals surface area contributed by atoms with Crippen LogP contribution in [0.25, 0.3) is 0 Å². The molecule has 1 N–H and O–H groups in total. The maximum absolute atomic E-state index is 10.7. The molecule has 0 aliphatic heterocycles. The minimum Gasteiger partial charge on any atom is -0.478 e. The van der Waals surface area contributed by atoms with Crippen LogP contribution in [0.2, 0.25) is 0 Å². The van der Waals surface area contributed by atoms with Gasteiger partial charge in [0.05, 0.1) is 11.6 Å². The van der Waals surface area contributed by atoms with Crippen LogP contribution in [-0.4, -0.2) is 29.6 Å². The van der Waals surface area contributed by atoms with Gasteiger partial charge in [0, 0.05) is 13.0 Å². The highest BCUT2D eigenvalue weighted by atomic mass is 16.4. The second-order valence-corrected chi connectivity index (χ2v) is 4.00. The topological polar surface area (TPSA) is 64.3 Å². The van der Waals surface area contributed by atoms with Crippen LogP contribution in [0.3, 0.4) is 0 Å². The van der Waals surface area contributed by atoms with E-state index in [2.05, 4.69) is 11.0 Å². The minimum atomic E-state index is -0.904. The summed E-state index contributed by atoms with van der Waals surface area (Å²) >= 11 is 0. The fraction of sp³-hybridized carbons (Fsp3) is 0.385. The van der Waals surface area contributed by atoms with Crippen molar-refractivity contribution in [2.24, 2.45) is 0 Å². The van der Waals surface area contributed by atoms with Crippen molar-refractivity contribution in [3.05, 3.63) is 35.4 Å². The Morgan fingerprint density at radius 1 is 1.41 bits per heavy atom. The lowest BCUT2D eigenvalue weighted by atomic mass is 10.1. The Morgan fingerprint density at radius 3 is 2.59 bits per heavy atom. The van der Waals surface area contributed by atoms with Gasteiger partial charge in [0.15, 0.2) is 0 Å². The van der Waals surface area contributed by atoms with E-state index in [4.69, 9.17) is 10.4 Å². The standard InChI is InChI=1S/C13H16N2O2/c1-15(9-3-2-8-14)10-11-4-6-12(7-5-11)13(16)17/h4-7H,2-3,9-10H2,1H3,(H,16,17). The number of rotatable bonds is 6. The molecule has 1 rings (SSSR count). The average Bonchev–Trinajstić information content (AvgIpc) is 2.30. The first kappa shape index (κ1) is 13.2. The highest BCUT2D eigenvalue weighted by Crippen LogP contribution is 2.07. The normalized spacial score (nSPS) is 10.2. The van der Waals surface area contributed by atoms with Crippen LogP contribution in [0.5, 0.6) is 0 Å². The lowest BCUT2D eigenvalue weighted by Gasteiger charge is -2.15. The van der Waals surface area contributed by atoms with Crippen molar-refractivity contribution in [3.63, 3.8) is 0 Å². The molecule has 0 aromatic heterocycles. The van der Waals surface area contributed by atoms with E-state index in [1.54, 1.807) is 12.1 Å². The monoisotopic (exact) mass is 232 g/mol. The van der Waals surface area contributed by atoms with E-state index in [1.165, 1.54) is 0 Å². The molecular formula is C13H16N2O2. The number of nitriles is 1. The molecule has 1 aromatic rings. The van der Waals surface area contributed by atoms with E-state index in [1.807, 2.05) is 19.2 Å². The van der Waals surface area contributed by atoms with Crippen molar-refractivity contribution < 1.29 is 9.90 Å². The zero-order chi connectivity index (χ0) is 12.7. The fourth-order valence-corrected chi connectivity index (χ4v) is 1.57. The first-order valence-electron chi connectivity index (χ1n) is 5.51. The smallest absolute Gasteiger partial charge is 0.335 e. The van der Waals surface area contributed by atoms with E-state index >= 15 is 0 Å². The lowest BCUT2D eigenvalue weighted by Crippen LogP contribution is -2.19. The van der Waals surface area contributed by atoms with Crippen LogP contribution in [0.4, 0.5) is 0 Å². The van der Waals surface area contributed by atoms with Crippen LogP contribution in [0, 0.1) is 11.3 Å². The lowest BCUT2D eigenvalue weighted by molar-refractivity contribution is 0.0697. The summed E-state index contributed by atoms with van der Waals surface area (Å²) in [7, 11) is 1.99. The Hall–Kier alpha value is -1.86. The van der Waals surface area contributed by atoms with E-state index in [0.29, 0.717) is 12.0 Å². The second kappa shape index (κ2) is 6.66. The number of aromatic carboxylic acids is 1. The molecule has 0 bridgehead atoms. The average molecular weight is 232 g/mol. The Morgan fingerprint density at radius 2 is 2.06 bits per heavy atom. The molecule has 0 unspecified atom stereocenters.